The molecule has 0 atom stereocenters. The Morgan fingerprint density at radius 1 is 1.24 bits per heavy atom. The molecule has 0 aromatic heterocycles. The van der Waals surface area contributed by atoms with Gasteiger partial charge in [-0.3, -0.25) is 4.79 Å². The van der Waals surface area contributed by atoms with Crippen molar-refractivity contribution >= 4 is 34.2 Å². The minimum Gasteiger partial charge on any atom is -0.352 e. The predicted octanol–water partition coefficient (Wildman–Crippen LogP) is 3.79. The first-order chi connectivity index (χ1) is 9.65. The van der Waals surface area contributed by atoms with Gasteiger partial charge in [0.2, 0.25) is 5.91 Å². The van der Waals surface area contributed by atoms with Crippen LogP contribution in [-0.2, 0) is 11.3 Å². The summed E-state index contributed by atoms with van der Waals surface area (Å²) in [6.07, 6.45) is 6.43. The van der Waals surface area contributed by atoms with Gasteiger partial charge in [0.05, 0.1) is 0 Å². The third kappa shape index (κ3) is 5.28. The van der Waals surface area contributed by atoms with Crippen molar-refractivity contribution in [1.82, 2.24) is 5.32 Å². The molecule has 1 aromatic carbocycles. The summed E-state index contributed by atoms with van der Waals surface area (Å²) in [6, 6.07) is 7.96. The molecule has 0 bridgehead atoms. The van der Waals surface area contributed by atoms with E-state index in [1.807, 2.05) is 24.3 Å². The molecule has 1 fully saturated rings. The van der Waals surface area contributed by atoms with E-state index in [-0.39, 0.29) is 23.7 Å². The monoisotopic (exact) mass is 374 g/mol. The summed E-state index contributed by atoms with van der Waals surface area (Å²) >= 11 is 3.50. The lowest BCUT2D eigenvalue weighted by atomic mass is 9.71. The van der Waals surface area contributed by atoms with E-state index in [9.17, 15) is 4.79 Å². The maximum Gasteiger partial charge on any atom is 0.220 e. The van der Waals surface area contributed by atoms with Crippen molar-refractivity contribution in [3.63, 3.8) is 0 Å². The molecule has 5 heteroatoms. The van der Waals surface area contributed by atoms with Gasteiger partial charge in [0.1, 0.15) is 0 Å². The highest BCUT2D eigenvalue weighted by Gasteiger charge is 2.32. The van der Waals surface area contributed by atoms with Crippen LogP contribution in [0.4, 0.5) is 0 Å². The molecule has 1 saturated carbocycles. The van der Waals surface area contributed by atoms with E-state index in [2.05, 4.69) is 21.2 Å². The van der Waals surface area contributed by atoms with Crippen molar-refractivity contribution in [2.75, 3.05) is 6.54 Å². The van der Waals surface area contributed by atoms with Crippen molar-refractivity contribution in [3.05, 3.63) is 34.3 Å². The Hall–Kier alpha value is -0.580. The fourth-order valence-electron chi connectivity index (χ4n) is 2.99. The van der Waals surface area contributed by atoms with Crippen LogP contribution in [0, 0.1) is 5.41 Å². The van der Waals surface area contributed by atoms with Crippen LogP contribution in [0.25, 0.3) is 0 Å². The van der Waals surface area contributed by atoms with Gasteiger partial charge in [0, 0.05) is 17.4 Å². The van der Waals surface area contributed by atoms with Crippen molar-refractivity contribution in [2.45, 2.75) is 45.1 Å². The van der Waals surface area contributed by atoms with Crippen molar-refractivity contribution < 1.29 is 4.79 Å². The SMILES string of the molecule is Cl.NCC1(CC(=O)NCc2ccccc2Br)CCCCC1. The lowest BCUT2D eigenvalue weighted by molar-refractivity contribution is -0.124. The van der Waals surface area contributed by atoms with Crippen LogP contribution < -0.4 is 11.1 Å². The van der Waals surface area contributed by atoms with E-state index < -0.39 is 0 Å². The van der Waals surface area contributed by atoms with E-state index in [0.717, 1.165) is 22.9 Å². The average Bonchev–Trinajstić information content (AvgIpc) is 2.47. The smallest absolute Gasteiger partial charge is 0.220 e. The lowest BCUT2D eigenvalue weighted by Crippen LogP contribution is -2.38. The van der Waals surface area contributed by atoms with Crippen LogP contribution in [0.15, 0.2) is 28.7 Å². The normalized spacial score (nSPS) is 16.9. The largest absolute Gasteiger partial charge is 0.352 e. The fourth-order valence-corrected chi connectivity index (χ4v) is 3.42. The van der Waals surface area contributed by atoms with Gasteiger partial charge >= 0.3 is 0 Å². The van der Waals surface area contributed by atoms with Gasteiger partial charge < -0.3 is 11.1 Å². The number of rotatable bonds is 5. The molecule has 0 radical (unpaired) electrons. The highest BCUT2D eigenvalue weighted by Crippen LogP contribution is 2.38. The van der Waals surface area contributed by atoms with Crippen LogP contribution in [0.5, 0.6) is 0 Å². The Kier molecular flexibility index (Phi) is 7.71. The van der Waals surface area contributed by atoms with Crippen molar-refractivity contribution in [2.24, 2.45) is 11.1 Å². The first-order valence-electron chi connectivity index (χ1n) is 7.35. The Labute approximate surface area is 141 Å². The second kappa shape index (κ2) is 8.76. The van der Waals surface area contributed by atoms with E-state index in [4.69, 9.17) is 5.73 Å². The number of carbonyl (C=O) groups excluding carboxylic acids is 1. The third-order valence-corrected chi connectivity index (χ3v) is 5.09. The molecule has 1 aromatic rings. The minimum absolute atomic E-state index is 0. The second-order valence-corrected chi connectivity index (χ2v) is 6.66. The van der Waals surface area contributed by atoms with E-state index >= 15 is 0 Å². The molecule has 0 heterocycles. The summed E-state index contributed by atoms with van der Waals surface area (Å²) in [6.45, 7) is 1.19. The molecule has 3 nitrogen and oxygen atoms in total. The van der Waals surface area contributed by atoms with Crippen LogP contribution in [0.1, 0.15) is 44.1 Å². The quantitative estimate of drug-likeness (QED) is 0.822. The number of amides is 1. The van der Waals surface area contributed by atoms with Crippen molar-refractivity contribution in [1.29, 1.82) is 0 Å². The summed E-state index contributed by atoms with van der Waals surface area (Å²) in [7, 11) is 0. The number of benzene rings is 1. The van der Waals surface area contributed by atoms with Gasteiger partial charge in [-0.25, -0.2) is 0 Å². The Morgan fingerprint density at radius 3 is 2.52 bits per heavy atom. The molecule has 3 N–H and O–H groups in total. The number of hydrogen-bond donors (Lipinski definition) is 2. The third-order valence-electron chi connectivity index (χ3n) is 4.32. The molecule has 0 spiro atoms. The summed E-state index contributed by atoms with van der Waals surface area (Å²) < 4.78 is 1.03. The molecule has 0 unspecified atom stereocenters. The molecule has 118 valence electrons. The number of nitrogens with one attached hydrogen (secondary N) is 1. The van der Waals surface area contributed by atoms with Gasteiger partial charge in [-0.2, -0.15) is 0 Å². The number of hydrogen-bond acceptors (Lipinski definition) is 2. The zero-order valence-electron chi connectivity index (χ0n) is 12.2. The lowest BCUT2D eigenvalue weighted by Gasteiger charge is -2.35. The molecule has 2 rings (SSSR count). The van der Waals surface area contributed by atoms with Gasteiger partial charge in [0.25, 0.3) is 0 Å². The standard InChI is InChI=1S/C16H23BrN2O.ClH/c17-14-7-3-2-6-13(14)11-19-15(20)10-16(12-18)8-4-1-5-9-16;/h2-3,6-7H,1,4-5,8-12,18H2,(H,19,20);1H. The molecule has 0 saturated heterocycles. The summed E-state index contributed by atoms with van der Waals surface area (Å²) in [4.78, 5) is 12.2. The van der Waals surface area contributed by atoms with Gasteiger partial charge in [-0.1, -0.05) is 53.4 Å². The molecule has 0 aliphatic heterocycles. The first kappa shape index (κ1) is 18.5. The van der Waals surface area contributed by atoms with Crippen LogP contribution in [0.3, 0.4) is 0 Å². The highest BCUT2D eigenvalue weighted by atomic mass is 79.9. The zero-order chi connectivity index (χ0) is 14.4. The maximum absolute atomic E-state index is 12.2. The Morgan fingerprint density at radius 2 is 1.90 bits per heavy atom. The van der Waals surface area contributed by atoms with Crippen LogP contribution in [0.2, 0.25) is 0 Å². The number of halogens is 2. The average molecular weight is 376 g/mol. The summed E-state index contributed by atoms with van der Waals surface area (Å²) in [5.41, 5.74) is 7.07. The van der Waals surface area contributed by atoms with Gasteiger partial charge in [-0.05, 0) is 36.4 Å². The topological polar surface area (TPSA) is 55.1 Å². The second-order valence-electron chi connectivity index (χ2n) is 5.81. The van der Waals surface area contributed by atoms with Crippen LogP contribution >= 0.6 is 28.3 Å². The van der Waals surface area contributed by atoms with Crippen molar-refractivity contribution in [3.8, 4) is 0 Å². The maximum atomic E-state index is 12.2. The Bertz CT molecular complexity index is 461. The fraction of sp³-hybridized carbons (Fsp3) is 0.562. The zero-order valence-corrected chi connectivity index (χ0v) is 14.6. The molecule has 1 aliphatic carbocycles. The van der Waals surface area contributed by atoms with E-state index in [1.165, 1.54) is 19.3 Å². The summed E-state index contributed by atoms with van der Waals surface area (Å²) in [5.74, 6) is 0.119. The molecule has 21 heavy (non-hydrogen) atoms. The Balaban J connectivity index is 0.00000220. The van der Waals surface area contributed by atoms with E-state index in [0.29, 0.717) is 19.5 Å². The summed E-state index contributed by atoms with van der Waals surface area (Å²) in [5, 5.41) is 3.02. The molecular weight excluding hydrogens is 352 g/mol. The van der Waals surface area contributed by atoms with Gasteiger partial charge in [-0.15, -0.1) is 12.4 Å². The van der Waals surface area contributed by atoms with E-state index in [1.54, 1.807) is 0 Å². The van der Waals surface area contributed by atoms with Gasteiger partial charge in [0.15, 0.2) is 0 Å². The minimum atomic E-state index is 0. The number of carbonyl (C=O) groups is 1. The van der Waals surface area contributed by atoms with Crippen LogP contribution in [-0.4, -0.2) is 12.5 Å². The number of nitrogens with two attached hydrogens (primary N) is 1. The molecule has 1 aliphatic rings. The molecular formula is C16H24BrClN2O. The first-order valence-corrected chi connectivity index (χ1v) is 8.15. The highest BCUT2D eigenvalue weighted by molar-refractivity contribution is 9.10. The predicted molar refractivity (Wildman–Crippen MR) is 92.4 cm³/mol. The molecule has 1 amide bonds.